The number of nitrogens with one attached hydrogen (secondary N) is 1. The predicted molar refractivity (Wildman–Crippen MR) is 108 cm³/mol. The molecule has 0 saturated heterocycles. The Morgan fingerprint density at radius 2 is 1.76 bits per heavy atom. The number of methoxy groups -OCH3 is 1. The molecule has 0 aliphatic rings. The van der Waals surface area contributed by atoms with E-state index in [1.807, 2.05) is 0 Å². The van der Waals surface area contributed by atoms with Gasteiger partial charge in [0.15, 0.2) is 6.61 Å². The number of esters is 2. The summed E-state index contributed by atoms with van der Waals surface area (Å²) in [5.74, 6) is -1.03. The molecule has 0 aliphatic heterocycles. The van der Waals surface area contributed by atoms with Crippen LogP contribution in [0.1, 0.15) is 29.8 Å². The van der Waals surface area contributed by atoms with Crippen molar-refractivity contribution in [3.8, 4) is 5.75 Å². The van der Waals surface area contributed by atoms with E-state index in [0.717, 1.165) is 0 Å². The molecule has 0 saturated carbocycles. The fraction of sp³-hybridized carbons (Fsp3) is 0.286. The van der Waals surface area contributed by atoms with Crippen molar-refractivity contribution in [2.45, 2.75) is 26.4 Å². The summed E-state index contributed by atoms with van der Waals surface area (Å²) in [5, 5.41) is 3.05. The molecule has 0 aliphatic carbocycles. The Labute approximate surface area is 173 Å². The highest BCUT2D eigenvalue weighted by Crippen LogP contribution is 2.23. The summed E-state index contributed by atoms with van der Waals surface area (Å²) in [6.07, 6.45) is -0.299. The minimum atomic E-state index is -0.590. The fourth-order valence-corrected chi connectivity index (χ4v) is 2.60. The van der Waals surface area contributed by atoms with Gasteiger partial charge >= 0.3 is 11.9 Å². The zero-order chi connectivity index (χ0) is 21.4. The lowest BCUT2D eigenvalue weighted by Gasteiger charge is -2.10. The van der Waals surface area contributed by atoms with E-state index in [4.69, 9.17) is 25.8 Å². The van der Waals surface area contributed by atoms with Crippen LogP contribution in [0.15, 0.2) is 42.5 Å². The predicted octanol–water partition coefficient (Wildman–Crippen LogP) is 3.64. The molecule has 8 heteroatoms. The number of amides is 1. The Balaban J connectivity index is 1.84. The number of ether oxygens (including phenoxy) is 3. The van der Waals surface area contributed by atoms with Crippen LogP contribution in [0, 0.1) is 0 Å². The summed E-state index contributed by atoms with van der Waals surface area (Å²) < 4.78 is 15.3. The van der Waals surface area contributed by atoms with Crippen molar-refractivity contribution in [3.05, 3.63) is 58.6 Å². The molecule has 0 aromatic heterocycles. The number of benzene rings is 2. The molecule has 2 aromatic rings. The Morgan fingerprint density at radius 3 is 2.38 bits per heavy atom. The molecule has 29 heavy (non-hydrogen) atoms. The van der Waals surface area contributed by atoms with Gasteiger partial charge in [0.05, 0.1) is 25.2 Å². The van der Waals surface area contributed by atoms with Crippen LogP contribution in [-0.4, -0.2) is 37.7 Å². The molecule has 0 radical (unpaired) electrons. The van der Waals surface area contributed by atoms with Crippen LogP contribution in [-0.2, 0) is 25.5 Å². The van der Waals surface area contributed by atoms with E-state index >= 15 is 0 Å². The number of hydrogen-bond acceptors (Lipinski definition) is 6. The second kappa shape index (κ2) is 10.5. The number of hydrogen-bond donors (Lipinski definition) is 1. The molecule has 0 unspecified atom stereocenters. The monoisotopic (exact) mass is 419 g/mol. The minimum absolute atomic E-state index is 0.0797. The lowest BCUT2D eigenvalue weighted by atomic mass is 10.1. The van der Waals surface area contributed by atoms with Crippen molar-refractivity contribution in [2.75, 3.05) is 19.0 Å². The maximum absolute atomic E-state index is 12.0. The SMILES string of the molecule is COc1ccc(Cl)cc1CC(=O)OCC(=O)Nc1ccc(C(=O)OC(C)C)cc1. The van der Waals surface area contributed by atoms with Crippen LogP contribution >= 0.6 is 11.6 Å². The van der Waals surface area contributed by atoms with E-state index in [2.05, 4.69) is 5.32 Å². The van der Waals surface area contributed by atoms with E-state index in [1.54, 1.807) is 44.2 Å². The Kier molecular flexibility index (Phi) is 8.03. The first kappa shape index (κ1) is 22.2. The van der Waals surface area contributed by atoms with Crippen molar-refractivity contribution >= 4 is 35.1 Å². The third-order valence-corrected chi connectivity index (χ3v) is 3.92. The van der Waals surface area contributed by atoms with E-state index in [-0.39, 0.29) is 12.5 Å². The van der Waals surface area contributed by atoms with Gasteiger partial charge in [0.2, 0.25) is 0 Å². The standard InChI is InChI=1S/C21H22ClNO6/c1-13(2)29-21(26)14-4-7-17(8-5-14)23-19(24)12-28-20(25)11-15-10-16(22)6-9-18(15)27-3/h4-10,13H,11-12H2,1-3H3,(H,23,24). The van der Waals surface area contributed by atoms with E-state index in [9.17, 15) is 14.4 Å². The van der Waals surface area contributed by atoms with Crippen molar-refractivity contribution in [1.29, 1.82) is 0 Å². The van der Waals surface area contributed by atoms with Gasteiger partial charge in [-0.1, -0.05) is 11.6 Å². The van der Waals surface area contributed by atoms with Crippen LogP contribution < -0.4 is 10.1 Å². The largest absolute Gasteiger partial charge is 0.496 e. The maximum Gasteiger partial charge on any atom is 0.338 e. The van der Waals surface area contributed by atoms with Crippen molar-refractivity contribution in [1.82, 2.24) is 0 Å². The summed E-state index contributed by atoms with van der Waals surface area (Å²) in [4.78, 5) is 35.8. The first-order valence-corrected chi connectivity index (χ1v) is 9.25. The Hall–Kier alpha value is -3.06. The Morgan fingerprint density at radius 1 is 1.07 bits per heavy atom. The Bertz CT molecular complexity index is 879. The zero-order valence-corrected chi connectivity index (χ0v) is 17.1. The van der Waals surface area contributed by atoms with Crippen LogP contribution in [0.3, 0.4) is 0 Å². The molecule has 154 valence electrons. The molecule has 1 amide bonds. The summed E-state index contributed by atoms with van der Waals surface area (Å²) in [6.45, 7) is 3.07. The number of carbonyl (C=O) groups excluding carboxylic acids is 3. The first-order chi connectivity index (χ1) is 13.8. The second-order valence-electron chi connectivity index (χ2n) is 6.37. The van der Waals surface area contributed by atoms with Gasteiger partial charge in [-0.15, -0.1) is 0 Å². The van der Waals surface area contributed by atoms with Gasteiger partial charge in [0, 0.05) is 16.3 Å². The van der Waals surface area contributed by atoms with E-state index in [0.29, 0.717) is 27.6 Å². The second-order valence-corrected chi connectivity index (χ2v) is 6.81. The van der Waals surface area contributed by atoms with Gasteiger partial charge in [-0.2, -0.15) is 0 Å². The van der Waals surface area contributed by atoms with Crippen molar-refractivity contribution < 1.29 is 28.6 Å². The summed E-state index contributed by atoms with van der Waals surface area (Å²) in [5.41, 5.74) is 1.40. The smallest absolute Gasteiger partial charge is 0.338 e. The number of halogens is 1. The average molecular weight is 420 g/mol. The molecule has 0 fully saturated rings. The van der Waals surface area contributed by atoms with Crippen molar-refractivity contribution in [2.24, 2.45) is 0 Å². The highest BCUT2D eigenvalue weighted by molar-refractivity contribution is 6.30. The molecular weight excluding hydrogens is 398 g/mol. The van der Waals surface area contributed by atoms with Crippen LogP contribution in [0.2, 0.25) is 5.02 Å². The summed E-state index contributed by atoms with van der Waals surface area (Å²) >= 11 is 5.93. The first-order valence-electron chi connectivity index (χ1n) is 8.87. The van der Waals surface area contributed by atoms with Gasteiger partial charge in [-0.25, -0.2) is 4.79 Å². The highest BCUT2D eigenvalue weighted by Gasteiger charge is 2.13. The van der Waals surface area contributed by atoms with Gasteiger partial charge in [-0.05, 0) is 56.3 Å². The van der Waals surface area contributed by atoms with Crippen LogP contribution in [0.4, 0.5) is 5.69 Å². The van der Waals surface area contributed by atoms with E-state index in [1.165, 1.54) is 19.2 Å². The van der Waals surface area contributed by atoms with Gasteiger partial charge < -0.3 is 19.5 Å². The normalized spacial score (nSPS) is 10.4. The minimum Gasteiger partial charge on any atom is -0.496 e. The topological polar surface area (TPSA) is 90.9 Å². The van der Waals surface area contributed by atoms with Gasteiger partial charge in [-0.3, -0.25) is 9.59 Å². The maximum atomic E-state index is 12.0. The third kappa shape index (κ3) is 7.12. The number of anilines is 1. The summed E-state index contributed by atoms with van der Waals surface area (Å²) in [7, 11) is 1.49. The third-order valence-electron chi connectivity index (χ3n) is 3.69. The average Bonchev–Trinajstić information content (AvgIpc) is 2.66. The molecule has 0 atom stereocenters. The summed E-state index contributed by atoms with van der Waals surface area (Å²) in [6, 6.07) is 11.1. The molecule has 7 nitrogen and oxygen atoms in total. The molecular formula is C21H22ClNO6. The molecule has 1 N–H and O–H groups in total. The van der Waals surface area contributed by atoms with Gasteiger partial charge in [0.1, 0.15) is 5.75 Å². The highest BCUT2D eigenvalue weighted by atomic mass is 35.5. The zero-order valence-electron chi connectivity index (χ0n) is 16.4. The molecule has 0 bridgehead atoms. The van der Waals surface area contributed by atoms with E-state index < -0.39 is 24.5 Å². The number of rotatable bonds is 8. The molecule has 0 spiro atoms. The lowest BCUT2D eigenvalue weighted by molar-refractivity contribution is -0.146. The molecule has 2 rings (SSSR count). The van der Waals surface area contributed by atoms with Crippen LogP contribution in [0.5, 0.6) is 5.75 Å². The lowest BCUT2D eigenvalue weighted by Crippen LogP contribution is -2.21. The quantitative estimate of drug-likeness (QED) is 0.657. The molecule has 0 heterocycles. The number of carbonyl (C=O) groups is 3. The van der Waals surface area contributed by atoms with Gasteiger partial charge in [0.25, 0.3) is 5.91 Å². The fourth-order valence-electron chi connectivity index (χ4n) is 2.41. The van der Waals surface area contributed by atoms with Crippen LogP contribution in [0.25, 0.3) is 0 Å². The van der Waals surface area contributed by atoms with Crippen molar-refractivity contribution in [3.63, 3.8) is 0 Å². The molecule has 2 aromatic carbocycles.